The molecule has 3 aromatic carbocycles. The van der Waals surface area contributed by atoms with Crippen molar-refractivity contribution in [1.82, 2.24) is 4.90 Å². The SMILES string of the molecule is C#CCN(CC(=O)O)C(=O)c1cc(NC(=O)OCC2c3ccccc3-c3ccccc32)ccc1F. The molecule has 3 aromatic rings. The maximum absolute atomic E-state index is 14.3. The van der Waals surface area contributed by atoms with Gasteiger partial charge in [-0.15, -0.1) is 6.42 Å². The van der Waals surface area contributed by atoms with Crippen molar-refractivity contribution in [2.24, 2.45) is 0 Å². The second-order valence-corrected chi connectivity index (χ2v) is 7.90. The van der Waals surface area contributed by atoms with Crippen LogP contribution in [0.3, 0.4) is 0 Å². The smallest absolute Gasteiger partial charge is 0.411 e. The van der Waals surface area contributed by atoms with Gasteiger partial charge in [0.15, 0.2) is 0 Å². The number of amides is 2. The number of benzene rings is 3. The number of rotatable bonds is 7. The molecule has 4 rings (SSSR count). The Bertz CT molecular complexity index is 1300. The molecule has 0 fully saturated rings. The van der Waals surface area contributed by atoms with Crippen LogP contribution in [-0.2, 0) is 9.53 Å². The number of aliphatic carboxylic acids is 1. The summed E-state index contributed by atoms with van der Waals surface area (Å²) in [5.74, 6) is -1.02. The van der Waals surface area contributed by atoms with Crippen LogP contribution in [0.5, 0.6) is 0 Å². The van der Waals surface area contributed by atoms with Gasteiger partial charge in [0.1, 0.15) is 19.0 Å². The molecule has 176 valence electrons. The van der Waals surface area contributed by atoms with Crippen molar-refractivity contribution in [3.05, 3.63) is 89.2 Å². The summed E-state index contributed by atoms with van der Waals surface area (Å²) in [6, 6.07) is 19.2. The fourth-order valence-electron chi connectivity index (χ4n) is 4.16. The molecular weight excluding hydrogens is 451 g/mol. The van der Waals surface area contributed by atoms with Gasteiger partial charge >= 0.3 is 12.1 Å². The lowest BCUT2D eigenvalue weighted by molar-refractivity contribution is -0.137. The Kier molecular flexibility index (Phi) is 6.78. The van der Waals surface area contributed by atoms with Gasteiger partial charge in [-0.2, -0.15) is 0 Å². The summed E-state index contributed by atoms with van der Waals surface area (Å²) in [7, 11) is 0. The Labute approximate surface area is 201 Å². The molecule has 0 radical (unpaired) electrons. The fourth-order valence-corrected chi connectivity index (χ4v) is 4.16. The van der Waals surface area contributed by atoms with E-state index in [0.29, 0.717) is 0 Å². The predicted molar refractivity (Wildman–Crippen MR) is 127 cm³/mol. The lowest BCUT2D eigenvalue weighted by Gasteiger charge is -2.19. The molecule has 0 saturated carbocycles. The first-order valence-corrected chi connectivity index (χ1v) is 10.7. The predicted octanol–water partition coefficient (Wildman–Crippen LogP) is 4.35. The molecule has 0 aromatic heterocycles. The van der Waals surface area contributed by atoms with E-state index in [2.05, 4.69) is 11.2 Å². The number of anilines is 1. The summed E-state index contributed by atoms with van der Waals surface area (Å²) in [5, 5.41) is 11.5. The first-order chi connectivity index (χ1) is 16.9. The number of fused-ring (bicyclic) bond motifs is 3. The Morgan fingerprint density at radius 2 is 1.66 bits per heavy atom. The minimum atomic E-state index is -1.29. The van der Waals surface area contributed by atoms with Gasteiger partial charge in [0, 0.05) is 11.6 Å². The van der Waals surface area contributed by atoms with E-state index >= 15 is 0 Å². The van der Waals surface area contributed by atoms with Gasteiger partial charge < -0.3 is 14.7 Å². The molecule has 35 heavy (non-hydrogen) atoms. The summed E-state index contributed by atoms with van der Waals surface area (Å²) in [4.78, 5) is 37.0. The van der Waals surface area contributed by atoms with Crippen molar-refractivity contribution in [1.29, 1.82) is 0 Å². The van der Waals surface area contributed by atoms with Crippen molar-refractivity contribution in [3.63, 3.8) is 0 Å². The minimum absolute atomic E-state index is 0.0847. The van der Waals surface area contributed by atoms with Crippen LogP contribution >= 0.6 is 0 Å². The van der Waals surface area contributed by atoms with E-state index in [4.69, 9.17) is 16.3 Å². The Hall–Kier alpha value is -4.64. The van der Waals surface area contributed by atoms with Gasteiger partial charge in [0.2, 0.25) is 0 Å². The fraction of sp³-hybridized carbons (Fsp3) is 0.148. The lowest BCUT2D eigenvalue weighted by atomic mass is 9.98. The minimum Gasteiger partial charge on any atom is -0.480 e. The van der Waals surface area contributed by atoms with Crippen molar-refractivity contribution < 1.29 is 28.6 Å². The zero-order chi connectivity index (χ0) is 24.9. The number of carboxylic acid groups (broad SMARTS) is 1. The van der Waals surface area contributed by atoms with Gasteiger partial charge in [-0.1, -0.05) is 54.5 Å². The zero-order valence-electron chi connectivity index (χ0n) is 18.5. The van der Waals surface area contributed by atoms with Crippen LogP contribution < -0.4 is 5.32 Å². The van der Waals surface area contributed by atoms with E-state index in [1.165, 1.54) is 6.07 Å². The first-order valence-electron chi connectivity index (χ1n) is 10.7. The standard InChI is InChI=1S/C27H21FN2O5/c1-2-13-30(15-25(31)32)26(33)22-14-17(11-12-24(22)28)29-27(34)35-16-23-20-9-5-3-7-18(20)19-8-4-6-10-21(19)23/h1,3-12,14,23H,13,15-16H2,(H,29,34)(H,31,32). The number of nitrogens with zero attached hydrogens (tertiary/aromatic N) is 1. The van der Waals surface area contributed by atoms with Crippen LogP contribution in [0.2, 0.25) is 0 Å². The molecule has 7 nitrogen and oxygen atoms in total. The molecule has 0 spiro atoms. The number of carboxylic acids is 1. The van der Waals surface area contributed by atoms with Gasteiger partial charge in [-0.25, -0.2) is 9.18 Å². The number of terminal acetylenes is 1. The van der Waals surface area contributed by atoms with Crippen LogP contribution in [-0.4, -0.2) is 47.7 Å². The maximum atomic E-state index is 14.3. The third kappa shape index (κ3) is 4.99. The largest absolute Gasteiger partial charge is 0.480 e. The van der Waals surface area contributed by atoms with Crippen LogP contribution in [0, 0.1) is 18.2 Å². The molecule has 1 aliphatic rings. The number of ether oxygens (including phenoxy) is 1. The van der Waals surface area contributed by atoms with Gasteiger partial charge in [0.05, 0.1) is 12.1 Å². The van der Waals surface area contributed by atoms with Crippen LogP contribution in [0.1, 0.15) is 27.4 Å². The molecule has 0 unspecified atom stereocenters. The molecule has 0 heterocycles. The number of nitrogens with one attached hydrogen (secondary N) is 1. The molecule has 8 heteroatoms. The quantitative estimate of drug-likeness (QED) is 0.499. The average Bonchev–Trinajstić information content (AvgIpc) is 3.17. The van der Waals surface area contributed by atoms with E-state index < -0.39 is 35.9 Å². The second kappa shape index (κ2) is 10.1. The second-order valence-electron chi connectivity index (χ2n) is 7.90. The van der Waals surface area contributed by atoms with E-state index in [1.54, 1.807) is 0 Å². The average molecular weight is 472 g/mol. The number of halogens is 1. The molecule has 0 aliphatic heterocycles. The van der Waals surface area contributed by atoms with Gasteiger partial charge in [-0.3, -0.25) is 14.9 Å². The van der Waals surface area contributed by atoms with Gasteiger partial charge in [-0.05, 0) is 40.5 Å². The number of carbonyl (C=O) groups excluding carboxylic acids is 2. The number of carbonyl (C=O) groups is 3. The van der Waals surface area contributed by atoms with Crippen LogP contribution in [0.15, 0.2) is 66.7 Å². The topological polar surface area (TPSA) is 95.9 Å². The summed E-state index contributed by atoms with van der Waals surface area (Å²) in [6.45, 7) is -0.914. The third-order valence-electron chi connectivity index (χ3n) is 5.68. The highest BCUT2D eigenvalue weighted by atomic mass is 19.1. The zero-order valence-corrected chi connectivity index (χ0v) is 18.5. The molecule has 0 saturated heterocycles. The third-order valence-corrected chi connectivity index (χ3v) is 5.68. The summed E-state index contributed by atoms with van der Waals surface area (Å²) >= 11 is 0. The van der Waals surface area contributed by atoms with Crippen molar-refractivity contribution in [3.8, 4) is 23.5 Å². The van der Waals surface area contributed by atoms with Crippen molar-refractivity contribution in [2.45, 2.75) is 5.92 Å². The Morgan fingerprint density at radius 1 is 1.03 bits per heavy atom. The van der Waals surface area contributed by atoms with E-state index in [1.807, 2.05) is 48.5 Å². The van der Waals surface area contributed by atoms with E-state index in [0.717, 1.165) is 39.3 Å². The van der Waals surface area contributed by atoms with Crippen molar-refractivity contribution >= 4 is 23.7 Å². The molecular formula is C27H21FN2O5. The normalized spacial score (nSPS) is 11.7. The monoisotopic (exact) mass is 472 g/mol. The number of hydrogen-bond acceptors (Lipinski definition) is 4. The maximum Gasteiger partial charge on any atom is 0.411 e. The van der Waals surface area contributed by atoms with Crippen molar-refractivity contribution in [2.75, 3.05) is 25.0 Å². The highest BCUT2D eigenvalue weighted by Gasteiger charge is 2.29. The highest BCUT2D eigenvalue weighted by Crippen LogP contribution is 2.44. The molecule has 0 bridgehead atoms. The molecule has 0 atom stereocenters. The molecule has 2 amide bonds. The Balaban J connectivity index is 1.46. The van der Waals surface area contributed by atoms with Crippen LogP contribution in [0.4, 0.5) is 14.9 Å². The first kappa shape index (κ1) is 23.5. The summed E-state index contributed by atoms with van der Waals surface area (Å²) < 4.78 is 19.8. The van der Waals surface area contributed by atoms with E-state index in [9.17, 15) is 18.8 Å². The lowest BCUT2D eigenvalue weighted by Crippen LogP contribution is -2.36. The number of hydrogen-bond donors (Lipinski definition) is 2. The summed E-state index contributed by atoms with van der Waals surface area (Å²) in [6.07, 6.45) is 4.42. The highest BCUT2D eigenvalue weighted by molar-refractivity contribution is 5.98. The molecule has 1 aliphatic carbocycles. The van der Waals surface area contributed by atoms with Crippen LogP contribution in [0.25, 0.3) is 11.1 Å². The van der Waals surface area contributed by atoms with Gasteiger partial charge in [0.25, 0.3) is 5.91 Å². The Morgan fingerprint density at radius 3 is 2.26 bits per heavy atom. The molecule has 2 N–H and O–H groups in total. The van der Waals surface area contributed by atoms with E-state index in [-0.39, 0.29) is 24.8 Å². The summed E-state index contributed by atoms with van der Waals surface area (Å²) in [5.41, 5.74) is 4.00.